The van der Waals surface area contributed by atoms with Gasteiger partial charge in [-0.2, -0.15) is 5.10 Å². The lowest BCUT2D eigenvalue weighted by atomic mass is 10.2. The number of carbonyl (C=O) groups is 1. The third-order valence-electron chi connectivity index (χ3n) is 4.76. The van der Waals surface area contributed by atoms with Gasteiger partial charge < -0.3 is 5.32 Å². The summed E-state index contributed by atoms with van der Waals surface area (Å²) in [5.74, 6) is -0.271. The van der Waals surface area contributed by atoms with E-state index in [1.807, 2.05) is 6.92 Å². The smallest absolute Gasteiger partial charge is 0.233 e. The molecule has 0 aliphatic heterocycles. The van der Waals surface area contributed by atoms with E-state index in [9.17, 15) is 9.18 Å². The van der Waals surface area contributed by atoms with Crippen LogP contribution in [0.25, 0.3) is 16.7 Å². The molecule has 1 unspecified atom stereocenters. The maximum absolute atomic E-state index is 13.2. The molecule has 1 aromatic carbocycles. The van der Waals surface area contributed by atoms with Crippen molar-refractivity contribution >= 4 is 28.7 Å². The summed E-state index contributed by atoms with van der Waals surface area (Å²) in [4.78, 5) is 21.1. The number of benzene rings is 1. The molecule has 1 amide bonds. The zero-order valence-corrected chi connectivity index (χ0v) is 15.7. The molecular weight excluding hydrogens is 365 g/mol. The summed E-state index contributed by atoms with van der Waals surface area (Å²) in [6.45, 7) is 1.88. The SMILES string of the molecule is CC(Sc1ncnc2c1cnn2-c1ccc(F)cc1)C(=O)NC1CCCC1. The van der Waals surface area contributed by atoms with Gasteiger partial charge in [-0.3, -0.25) is 4.79 Å². The molecule has 1 aliphatic carbocycles. The average Bonchev–Trinajstić information content (AvgIpc) is 3.32. The van der Waals surface area contributed by atoms with Crippen LogP contribution in [-0.4, -0.2) is 36.9 Å². The lowest BCUT2D eigenvalue weighted by Gasteiger charge is -2.16. The van der Waals surface area contributed by atoms with Crippen LogP contribution in [0.15, 0.2) is 41.8 Å². The third kappa shape index (κ3) is 3.80. The van der Waals surface area contributed by atoms with Crippen molar-refractivity contribution in [2.75, 3.05) is 0 Å². The van der Waals surface area contributed by atoms with Crippen LogP contribution in [0.1, 0.15) is 32.6 Å². The number of nitrogens with one attached hydrogen (secondary N) is 1. The quantitative estimate of drug-likeness (QED) is 0.538. The first-order valence-corrected chi connectivity index (χ1v) is 9.91. The van der Waals surface area contributed by atoms with E-state index in [0.717, 1.165) is 18.2 Å². The Morgan fingerprint density at radius 1 is 1.26 bits per heavy atom. The fraction of sp³-hybridized carbons (Fsp3) is 0.368. The topological polar surface area (TPSA) is 72.7 Å². The minimum absolute atomic E-state index is 0.0320. The second kappa shape index (κ2) is 7.64. The average molecular weight is 385 g/mol. The Kier molecular flexibility index (Phi) is 5.07. The summed E-state index contributed by atoms with van der Waals surface area (Å²) in [7, 11) is 0. The van der Waals surface area contributed by atoms with Crippen molar-refractivity contribution in [1.82, 2.24) is 25.1 Å². The van der Waals surface area contributed by atoms with Crippen LogP contribution in [-0.2, 0) is 4.79 Å². The van der Waals surface area contributed by atoms with Gasteiger partial charge in [0.05, 0.1) is 22.5 Å². The zero-order valence-electron chi connectivity index (χ0n) is 14.9. The molecule has 0 spiro atoms. The molecule has 1 N–H and O–H groups in total. The summed E-state index contributed by atoms with van der Waals surface area (Å²) in [5, 5.41) is 8.71. The summed E-state index contributed by atoms with van der Waals surface area (Å²) in [5.41, 5.74) is 1.34. The van der Waals surface area contributed by atoms with E-state index in [0.29, 0.717) is 22.4 Å². The number of fused-ring (bicyclic) bond motifs is 1. The molecule has 140 valence electrons. The molecule has 2 aromatic heterocycles. The monoisotopic (exact) mass is 385 g/mol. The maximum Gasteiger partial charge on any atom is 0.233 e. The van der Waals surface area contributed by atoms with Crippen molar-refractivity contribution in [3.8, 4) is 5.69 Å². The summed E-state index contributed by atoms with van der Waals surface area (Å²) in [6, 6.07) is 6.36. The number of amides is 1. The van der Waals surface area contributed by atoms with Crippen molar-refractivity contribution in [2.24, 2.45) is 0 Å². The standard InChI is InChI=1S/C19H20FN5OS/c1-12(18(26)24-14-4-2-3-5-14)27-19-16-10-23-25(17(16)21-11-22-19)15-8-6-13(20)7-9-15/h6-12,14H,2-5H2,1H3,(H,24,26). The minimum atomic E-state index is -0.303. The highest BCUT2D eigenvalue weighted by molar-refractivity contribution is 8.00. The number of hydrogen-bond acceptors (Lipinski definition) is 5. The van der Waals surface area contributed by atoms with Gasteiger partial charge in [0, 0.05) is 6.04 Å². The van der Waals surface area contributed by atoms with Crippen LogP contribution in [0, 0.1) is 5.82 Å². The largest absolute Gasteiger partial charge is 0.352 e. The van der Waals surface area contributed by atoms with Crippen LogP contribution in [0.4, 0.5) is 4.39 Å². The fourth-order valence-corrected chi connectivity index (χ4v) is 4.19. The highest BCUT2D eigenvalue weighted by Crippen LogP contribution is 2.29. The van der Waals surface area contributed by atoms with Gasteiger partial charge in [-0.1, -0.05) is 24.6 Å². The van der Waals surface area contributed by atoms with E-state index < -0.39 is 0 Å². The predicted octanol–water partition coefficient (Wildman–Crippen LogP) is 3.49. The minimum Gasteiger partial charge on any atom is -0.352 e. The number of hydrogen-bond donors (Lipinski definition) is 1. The molecule has 2 heterocycles. The van der Waals surface area contributed by atoms with Crippen molar-refractivity contribution < 1.29 is 9.18 Å². The van der Waals surface area contributed by atoms with Gasteiger partial charge in [0.2, 0.25) is 5.91 Å². The van der Waals surface area contributed by atoms with Crippen LogP contribution in [0.5, 0.6) is 0 Å². The van der Waals surface area contributed by atoms with Gasteiger partial charge >= 0.3 is 0 Å². The van der Waals surface area contributed by atoms with Crippen molar-refractivity contribution in [3.63, 3.8) is 0 Å². The Labute approximate surface area is 160 Å². The number of carbonyl (C=O) groups excluding carboxylic acids is 1. The molecular formula is C19H20FN5OS. The van der Waals surface area contributed by atoms with Gasteiger partial charge in [0.1, 0.15) is 17.2 Å². The van der Waals surface area contributed by atoms with Crippen molar-refractivity contribution in [3.05, 3.63) is 42.6 Å². The van der Waals surface area contributed by atoms with E-state index in [2.05, 4.69) is 20.4 Å². The molecule has 27 heavy (non-hydrogen) atoms. The molecule has 6 nitrogen and oxygen atoms in total. The van der Waals surface area contributed by atoms with Crippen molar-refractivity contribution in [1.29, 1.82) is 0 Å². The Morgan fingerprint density at radius 2 is 2.00 bits per heavy atom. The van der Waals surface area contributed by atoms with E-state index in [1.54, 1.807) is 23.0 Å². The molecule has 1 fully saturated rings. The molecule has 1 atom stereocenters. The first kappa shape index (κ1) is 17.9. The van der Waals surface area contributed by atoms with Gasteiger partial charge in [0.25, 0.3) is 0 Å². The molecule has 1 aliphatic rings. The molecule has 1 saturated carbocycles. The third-order valence-corrected chi connectivity index (χ3v) is 5.88. The number of halogens is 1. The number of thioether (sulfide) groups is 1. The van der Waals surface area contributed by atoms with E-state index >= 15 is 0 Å². The van der Waals surface area contributed by atoms with E-state index in [1.165, 1.54) is 43.1 Å². The predicted molar refractivity (Wildman–Crippen MR) is 102 cm³/mol. The van der Waals surface area contributed by atoms with Gasteiger partial charge in [0.15, 0.2) is 5.65 Å². The summed E-state index contributed by atoms with van der Waals surface area (Å²) < 4.78 is 14.8. The Morgan fingerprint density at radius 3 is 2.74 bits per heavy atom. The highest BCUT2D eigenvalue weighted by atomic mass is 32.2. The van der Waals surface area contributed by atoms with E-state index in [-0.39, 0.29) is 17.0 Å². The molecule has 4 rings (SSSR count). The second-order valence-corrected chi connectivity index (χ2v) is 8.03. The van der Waals surface area contributed by atoms with E-state index in [4.69, 9.17) is 0 Å². The molecule has 3 aromatic rings. The Bertz CT molecular complexity index is 952. The number of nitrogens with zero attached hydrogens (tertiary/aromatic N) is 4. The van der Waals surface area contributed by atoms with Gasteiger partial charge in [-0.25, -0.2) is 19.0 Å². The summed E-state index contributed by atoms with van der Waals surface area (Å²) >= 11 is 1.40. The normalized spacial score (nSPS) is 15.9. The molecule has 0 bridgehead atoms. The van der Waals surface area contributed by atoms with Crippen LogP contribution in [0.3, 0.4) is 0 Å². The molecule has 0 radical (unpaired) electrons. The van der Waals surface area contributed by atoms with Gasteiger partial charge in [-0.15, -0.1) is 0 Å². The maximum atomic E-state index is 13.2. The van der Waals surface area contributed by atoms with Crippen LogP contribution >= 0.6 is 11.8 Å². The van der Waals surface area contributed by atoms with Gasteiger partial charge in [-0.05, 0) is 44.0 Å². The first-order chi connectivity index (χ1) is 13.1. The summed E-state index contributed by atoms with van der Waals surface area (Å²) in [6.07, 6.45) is 7.64. The Hall–Kier alpha value is -2.48. The lowest BCUT2D eigenvalue weighted by Crippen LogP contribution is -2.37. The Balaban J connectivity index is 1.55. The highest BCUT2D eigenvalue weighted by Gasteiger charge is 2.23. The molecule has 0 saturated heterocycles. The van der Waals surface area contributed by atoms with Crippen LogP contribution in [0.2, 0.25) is 0 Å². The first-order valence-electron chi connectivity index (χ1n) is 9.03. The van der Waals surface area contributed by atoms with Crippen LogP contribution < -0.4 is 5.32 Å². The fourth-order valence-electron chi connectivity index (χ4n) is 3.30. The zero-order chi connectivity index (χ0) is 18.8. The lowest BCUT2D eigenvalue weighted by molar-refractivity contribution is -0.120. The molecule has 8 heteroatoms. The van der Waals surface area contributed by atoms with Crippen molar-refractivity contribution in [2.45, 2.75) is 48.9 Å². The number of aromatic nitrogens is 4. The number of rotatable bonds is 5. The second-order valence-electron chi connectivity index (χ2n) is 6.70.